The van der Waals surface area contributed by atoms with Crippen LogP contribution in [0.2, 0.25) is 5.02 Å². The van der Waals surface area contributed by atoms with Gasteiger partial charge in [0.05, 0.1) is 18.8 Å². The van der Waals surface area contributed by atoms with Gasteiger partial charge in [0.2, 0.25) is 0 Å². The second-order valence-corrected chi connectivity index (χ2v) is 7.99. The molecule has 0 bridgehead atoms. The predicted octanol–water partition coefficient (Wildman–Crippen LogP) is 5.80. The highest BCUT2D eigenvalue weighted by Gasteiger charge is 2.43. The fourth-order valence-corrected chi connectivity index (χ4v) is 4.20. The van der Waals surface area contributed by atoms with Crippen LogP contribution in [0.1, 0.15) is 33.2 Å². The van der Waals surface area contributed by atoms with E-state index >= 15 is 0 Å². The van der Waals surface area contributed by atoms with Gasteiger partial charge in [0.15, 0.2) is 0 Å². The molecule has 1 N–H and O–H groups in total. The van der Waals surface area contributed by atoms with Gasteiger partial charge in [-0.25, -0.2) is 0 Å². The van der Waals surface area contributed by atoms with E-state index in [4.69, 9.17) is 16.3 Å². The van der Waals surface area contributed by atoms with Gasteiger partial charge in [-0.3, -0.25) is 14.8 Å². The maximum atomic E-state index is 13.5. The quantitative estimate of drug-likeness (QED) is 0.446. The number of nitrogens with zero attached hydrogens (tertiary/aromatic N) is 2. The monoisotopic (exact) mass is 429 g/mol. The van der Waals surface area contributed by atoms with Crippen molar-refractivity contribution in [2.75, 3.05) is 12.0 Å². The number of halogens is 1. The van der Waals surface area contributed by atoms with E-state index < -0.39 is 0 Å². The Balaban J connectivity index is 1.72. The van der Waals surface area contributed by atoms with Gasteiger partial charge in [-0.2, -0.15) is 5.10 Å². The highest BCUT2D eigenvalue weighted by molar-refractivity contribution is 6.30. The number of hydrogen-bond donors (Lipinski definition) is 1. The molecule has 0 saturated heterocycles. The summed E-state index contributed by atoms with van der Waals surface area (Å²) in [5.41, 5.74) is 5.96. The Kier molecular flexibility index (Phi) is 4.75. The lowest BCUT2D eigenvalue weighted by Crippen LogP contribution is -2.29. The van der Waals surface area contributed by atoms with Crippen molar-refractivity contribution in [3.8, 4) is 17.0 Å². The molecule has 31 heavy (non-hydrogen) atoms. The van der Waals surface area contributed by atoms with E-state index in [1.54, 1.807) is 24.1 Å². The van der Waals surface area contributed by atoms with Gasteiger partial charge in [-0.15, -0.1) is 0 Å². The molecule has 4 aromatic rings. The molecule has 1 aliphatic rings. The van der Waals surface area contributed by atoms with Crippen LogP contribution in [0.15, 0.2) is 72.8 Å². The number of carbonyl (C=O) groups excluding carboxylic acids is 1. The lowest BCUT2D eigenvalue weighted by molar-refractivity contribution is 0.0988. The minimum absolute atomic E-state index is 0.129. The number of aromatic nitrogens is 2. The van der Waals surface area contributed by atoms with Crippen molar-refractivity contribution in [1.29, 1.82) is 0 Å². The summed E-state index contributed by atoms with van der Waals surface area (Å²) in [6, 6.07) is 22.9. The highest BCUT2D eigenvalue weighted by Crippen LogP contribution is 2.45. The number of H-pyrrole nitrogens is 1. The van der Waals surface area contributed by atoms with E-state index in [1.165, 1.54) is 5.56 Å². The Labute approximate surface area is 185 Å². The lowest BCUT2D eigenvalue weighted by Gasteiger charge is -2.26. The van der Waals surface area contributed by atoms with Crippen molar-refractivity contribution in [2.45, 2.75) is 13.0 Å². The third-order valence-corrected chi connectivity index (χ3v) is 5.86. The second kappa shape index (κ2) is 7.60. The van der Waals surface area contributed by atoms with Crippen molar-refractivity contribution in [3.63, 3.8) is 0 Å². The number of fused-ring (bicyclic) bond motifs is 1. The molecule has 1 aromatic heterocycles. The Morgan fingerprint density at radius 3 is 2.48 bits per heavy atom. The van der Waals surface area contributed by atoms with Crippen LogP contribution < -0.4 is 9.64 Å². The maximum absolute atomic E-state index is 13.5. The number of carbonyl (C=O) groups is 1. The minimum Gasteiger partial charge on any atom is -0.497 e. The molecule has 0 saturated carbocycles. The zero-order valence-electron chi connectivity index (χ0n) is 17.1. The Hall–Kier alpha value is -3.57. The summed E-state index contributed by atoms with van der Waals surface area (Å²) < 4.78 is 5.45. The average Bonchev–Trinajstić information content (AvgIpc) is 3.34. The smallest absolute Gasteiger partial charge is 0.277 e. The molecule has 1 amide bonds. The number of hydrogen-bond acceptors (Lipinski definition) is 3. The standard InChI is InChI=1S/C25H20ClN3O2/c1-15-6-8-16(9-7-15)22-21-23(28-27-22)25(30)29(19-12-10-18(26)11-13-19)24(21)17-4-3-5-20(14-17)31-2/h3-14,24H,1-2H3,(H,27,28)/t24-/m0/s1. The molecule has 2 heterocycles. The van der Waals surface area contributed by atoms with Gasteiger partial charge in [-0.05, 0) is 48.9 Å². The van der Waals surface area contributed by atoms with E-state index in [-0.39, 0.29) is 11.9 Å². The third kappa shape index (κ3) is 3.27. The van der Waals surface area contributed by atoms with Crippen molar-refractivity contribution >= 4 is 23.2 Å². The number of methoxy groups -OCH3 is 1. The fourth-order valence-electron chi connectivity index (χ4n) is 4.07. The summed E-state index contributed by atoms with van der Waals surface area (Å²) in [6.07, 6.45) is 0. The molecular weight excluding hydrogens is 410 g/mol. The van der Waals surface area contributed by atoms with Crippen molar-refractivity contribution < 1.29 is 9.53 Å². The van der Waals surface area contributed by atoms with Gasteiger partial charge < -0.3 is 4.74 Å². The Morgan fingerprint density at radius 2 is 1.77 bits per heavy atom. The summed E-state index contributed by atoms with van der Waals surface area (Å²) in [4.78, 5) is 15.3. The molecule has 1 atom stereocenters. The average molecular weight is 430 g/mol. The van der Waals surface area contributed by atoms with Crippen LogP contribution in [0, 0.1) is 6.92 Å². The molecule has 0 radical (unpaired) electrons. The number of ether oxygens (including phenoxy) is 1. The van der Waals surface area contributed by atoms with Crippen molar-refractivity contribution in [3.05, 3.63) is 100 Å². The molecule has 5 nitrogen and oxygen atoms in total. The summed E-state index contributed by atoms with van der Waals surface area (Å²) in [6.45, 7) is 2.05. The Morgan fingerprint density at radius 1 is 1.03 bits per heavy atom. The SMILES string of the molecule is COc1cccc([C@H]2c3c(-c4ccc(C)cc4)n[nH]c3C(=O)N2c2ccc(Cl)cc2)c1. The van der Waals surface area contributed by atoms with E-state index in [2.05, 4.69) is 10.2 Å². The zero-order valence-corrected chi connectivity index (χ0v) is 17.9. The molecule has 0 unspecified atom stereocenters. The molecule has 3 aromatic carbocycles. The first kappa shape index (κ1) is 19.4. The first-order valence-electron chi connectivity index (χ1n) is 9.95. The molecular formula is C25H20ClN3O2. The molecule has 154 valence electrons. The van der Waals surface area contributed by atoms with Crippen LogP contribution in [-0.2, 0) is 0 Å². The van der Waals surface area contributed by atoms with Gasteiger partial charge in [0, 0.05) is 21.8 Å². The van der Waals surface area contributed by atoms with E-state index in [0.717, 1.165) is 33.8 Å². The minimum atomic E-state index is -0.353. The van der Waals surface area contributed by atoms with Crippen molar-refractivity contribution in [1.82, 2.24) is 10.2 Å². The first-order valence-corrected chi connectivity index (χ1v) is 10.3. The molecule has 5 rings (SSSR count). The number of aromatic amines is 1. The molecule has 0 spiro atoms. The van der Waals surface area contributed by atoms with E-state index in [1.807, 2.05) is 67.6 Å². The summed E-state index contributed by atoms with van der Waals surface area (Å²) in [7, 11) is 1.64. The van der Waals surface area contributed by atoms with Gasteiger partial charge in [-0.1, -0.05) is 53.6 Å². The molecule has 0 fully saturated rings. The third-order valence-electron chi connectivity index (χ3n) is 5.61. The van der Waals surface area contributed by atoms with Gasteiger partial charge in [0.1, 0.15) is 11.4 Å². The number of nitrogens with one attached hydrogen (secondary N) is 1. The van der Waals surface area contributed by atoms with E-state index in [0.29, 0.717) is 10.7 Å². The number of aryl methyl sites for hydroxylation is 1. The lowest BCUT2D eigenvalue weighted by atomic mass is 9.95. The predicted molar refractivity (Wildman–Crippen MR) is 122 cm³/mol. The normalized spacial score (nSPS) is 15.3. The summed E-state index contributed by atoms with van der Waals surface area (Å²) in [5.74, 6) is 0.603. The Bertz CT molecular complexity index is 1260. The number of anilines is 1. The maximum Gasteiger partial charge on any atom is 0.277 e. The largest absolute Gasteiger partial charge is 0.497 e. The number of amides is 1. The van der Waals surface area contributed by atoms with Crippen LogP contribution in [0.25, 0.3) is 11.3 Å². The number of rotatable bonds is 4. The second-order valence-electron chi connectivity index (χ2n) is 7.56. The number of benzene rings is 3. The molecule has 6 heteroatoms. The van der Waals surface area contributed by atoms with Gasteiger partial charge >= 0.3 is 0 Å². The van der Waals surface area contributed by atoms with Crippen LogP contribution >= 0.6 is 11.6 Å². The highest BCUT2D eigenvalue weighted by atomic mass is 35.5. The van der Waals surface area contributed by atoms with Crippen LogP contribution in [-0.4, -0.2) is 23.2 Å². The summed E-state index contributed by atoms with van der Waals surface area (Å²) >= 11 is 6.10. The van der Waals surface area contributed by atoms with Crippen LogP contribution in [0.4, 0.5) is 5.69 Å². The molecule has 0 aliphatic carbocycles. The topological polar surface area (TPSA) is 58.2 Å². The van der Waals surface area contributed by atoms with Gasteiger partial charge in [0.25, 0.3) is 5.91 Å². The molecule has 1 aliphatic heterocycles. The zero-order chi connectivity index (χ0) is 21.5. The van der Waals surface area contributed by atoms with Crippen molar-refractivity contribution in [2.24, 2.45) is 0 Å². The van der Waals surface area contributed by atoms with E-state index in [9.17, 15) is 4.79 Å². The first-order chi connectivity index (χ1) is 15.1. The van der Waals surface area contributed by atoms with Crippen LogP contribution in [0.3, 0.4) is 0 Å². The summed E-state index contributed by atoms with van der Waals surface area (Å²) in [5, 5.41) is 8.13. The van der Waals surface area contributed by atoms with Crippen LogP contribution in [0.5, 0.6) is 5.75 Å². The fraction of sp³-hybridized carbons (Fsp3) is 0.120.